The van der Waals surface area contributed by atoms with Crippen molar-refractivity contribution >= 4 is 23.7 Å². The van der Waals surface area contributed by atoms with Gasteiger partial charge in [0.05, 0.1) is 18.1 Å². The van der Waals surface area contributed by atoms with E-state index in [-0.39, 0.29) is 41.2 Å². The summed E-state index contributed by atoms with van der Waals surface area (Å²) in [6.45, 7) is 0. The highest BCUT2D eigenvalue weighted by atomic mass is 16.3. The zero-order valence-corrected chi connectivity index (χ0v) is 13.6. The number of hydrazone groups is 1. The van der Waals surface area contributed by atoms with Gasteiger partial charge in [-0.25, -0.2) is 0 Å². The molecule has 2 aliphatic carbocycles. The third-order valence-corrected chi connectivity index (χ3v) is 5.29. The molecule has 1 aromatic carbocycles. The number of amides is 2. The van der Waals surface area contributed by atoms with Crippen LogP contribution >= 0.6 is 0 Å². The largest absolute Gasteiger partial charge is 0.507 e. The third kappa shape index (κ3) is 2.06. The first-order valence-electron chi connectivity index (χ1n) is 8.08. The average Bonchev–Trinajstić information content (AvgIpc) is 3.21. The van der Waals surface area contributed by atoms with Crippen molar-refractivity contribution in [3.63, 3.8) is 0 Å². The van der Waals surface area contributed by atoms with Crippen LogP contribution in [0.2, 0.25) is 0 Å². The first-order chi connectivity index (χ1) is 11.5. The van der Waals surface area contributed by atoms with Gasteiger partial charge in [-0.3, -0.25) is 9.59 Å². The van der Waals surface area contributed by atoms with Gasteiger partial charge in [-0.05, 0) is 30.4 Å². The fraction of sp³-hybridized carbons (Fsp3) is 0.389. The number of phenols is 1. The van der Waals surface area contributed by atoms with Crippen molar-refractivity contribution < 1.29 is 14.7 Å². The van der Waals surface area contributed by atoms with Crippen LogP contribution < -0.4 is 4.90 Å². The first-order valence-corrected chi connectivity index (χ1v) is 8.08. The minimum absolute atomic E-state index is 0.0611. The molecule has 124 valence electrons. The molecule has 1 aliphatic heterocycles. The topological polar surface area (TPSA) is 73.2 Å². The molecule has 2 bridgehead atoms. The lowest BCUT2D eigenvalue weighted by Gasteiger charge is -2.13. The second kappa shape index (κ2) is 5.19. The zero-order chi connectivity index (χ0) is 17.0. The van der Waals surface area contributed by atoms with E-state index in [1.165, 1.54) is 6.21 Å². The van der Waals surface area contributed by atoms with Crippen LogP contribution in [0.15, 0.2) is 35.5 Å². The molecule has 6 nitrogen and oxygen atoms in total. The third-order valence-electron chi connectivity index (χ3n) is 5.29. The molecule has 4 rings (SSSR count). The van der Waals surface area contributed by atoms with Crippen molar-refractivity contribution in [3.05, 3.63) is 35.9 Å². The Hall–Kier alpha value is -2.63. The Morgan fingerprint density at radius 3 is 2.33 bits per heavy atom. The number of fused-ring (bicyclic) bond motifs is 5. The molecule has 0 aromatic heterocycles. The number of aromatic hydroxyl groups is 1. The number of anilines is 1. The average molecular weight is 325 g/mol. The Balaban J connectivity index is 1.57. The van der Waals surface area contributed by atoms with Gasteiger partial charge in [0, 0.05) is 31.4 Å². The minimum atomic E-state index is -0.255. The summed E-state index contributed by atoms with van der Waals surface area (Å²) in [5.41, 5.74) is 1.33. The van der Waals surface area contributed by atoms with Crippen molar-refractivity contribution in [2.45, 2.75) is 6.42 Å². The van der Waals surface area contributed by atoms with Gasteiger partial charge in [0.15, 0.2) is 0 Å². The normalized spacial score (nSPS) is 30.7. The Morgan fingerprint density at radius 1 is 1.17 bits per heavy atom. The highest BCUT2D eigenvalue weighted by molar-refractivity contribution is 6.06. The van der Waals surface area contributed by atoms with Crippen molar-refractivity contribution in [1.29, 1.82) is 0 Å². The summed E-state index contributed by atoms with van der Waals surface area (Å²) in [4.78, 5) is 26.9. The lowest BCUT2D eigenvalue weighted by atomic mass is 9.85. The number of rotatable bonds is 3. The number of hydrogen-bond donors (Lipinski definition) is 1. The Labute approximate surface area is 140 Å². The van der Waals surface area contributed by atoms with E-state index < -0.39 is 0 Å². The van der Waals surface area contributed by atoms with E-state index in [2.05, 4.69) is 17.3 Å². The predicted molar refractivity (Wildman–Crippen MR) is 89.6 cm³/mol. The quantitative estimate of drug-likeness (QED) is 0.520. The van der Waals surface area contributed by atoms with Crippen LogP contribution in [0.25, 0.3) is 0 Å². The van der Waals surface area contributed by atoms with Gasteiger partial charge < -0.3 is 10.0 Å². The molecule has 2 amide bonds. The summed E-state index contributed by atoms with van der Waals surface area (Å²) in [5.74, 6) is -0.548. The Bertz CT molecular complexity index is 754. The molecule has 0 unspecified atom stereocenters. The standard InChI is InChI=1S/C18H19N3O3/c1-20(2)13-6-5-12(14(22)8-13)9-19-21-17(23)15-10-3-4-11(7-10)16(15)18(21)24/h3-6,8-11,15-16,22H,7H2,1-2H3/t10-,11-,15-,16+/m0/s1. The molecule has 1 heterocycles. The Morgan fingerprint density at radius 2 is 1.79 bits per heavy atom. The number of benzene rings is 1. The lowest BCUT2D eigenvalue weighted by molar-refractivity contribution is -0.140. The molecule has 1 saturated carbocycles. The number of allylic oxidation sites excluding steroid dienone is 2. The fourth-order valence-corrected chi connectivity index (χ4v) is 4.04. The zero-order valence-electron chi connectivity index (χ0n) is 13.6. The molecule has 24 heavy (non-hydrogen) atoms. The smallest absolute Gasteiger partial charge is 0.254 e. The number of carbonyl (C=O) groups is 2. The van der Waals surface area contributed by atoms with Crippen LogP contribution in [0.5, 0.6) is 5.75 Å². The predicted octanol–water partition coefficient (Wildman–Crippen LogP) is 1.60. The van der Waals surface area contributed by atoms with E-state index in [9.17, 15) is 14.7 Å². The van der Waals surface area contributed by atoms with E-state index in [0.29, 0.717) is 5.56 Å². The van der Waals surface area contributed by atoms with E-state index in [4.69, 9.17) is 0 Å². The van der Waals surface area contributed by atoms with Crippen molar-refractivity contribution in [1.82, 2.24) is 5.01 Å². The number of nitrogens with zero attached hydrogens (tertiary/aromatic N) is 3. The van der Waals surface area contributed by atoms with Crippen molar-refractivity contribution in [3.8, 4) is 5.75 Å². The fourth-order valence-electron chi connectivity index (χ4n) is 4.04. The van der Waals surface area contributed by atoms with Gasteiger partial charge in [-0.15, -0.1) is 0 Å². The van der Waals surface area contributed by atoms with Crippen molar-refractivity contribution in [2.75, 3.05) is 19.0 Å². The van der Waals surface area contributed by atoms with Crippen LogP contribution in [0.3, 0.4) is 0 Å². The highest BCUT2D eigenvalue weighted by Gasteiger charge is 2.59. The molecule has 2 fully saturated rings. The summed E-state index contributed by atoms with van der Waals surface area (Å²) in [6, 6.07) is 5.17. The van der Waals surface area contributed by atoms with Crippen molar-refractivity contribution in [2.24, 2.45) is 28.8 Å². The van der Waals surface area contributed by atoms with Gasteiger partial charge in [0.2, 0.25) is 0 Å². The molecule has 6 heteroatoms. The monoisotopic (exact) mass is 325 g/mol. The number of imide groups is 1. The second-order valence-corrected chi connectivity index (χ2v) is 6.87. The van der Waals surface area contributed by atoms with Gasteiger partial charge in [0.1, 0.15) is 5.75 Å². The summed E-state index contributed by atoms with van der Waals surface area (Å²) in [5, 5.41) is 15.1. The molecule has 1 N–H and O–H groups in total. The van der Waals surface area contributed by atoms with Gasteiger partial charge in [-0.2, -0.15) is 10.1 Å². The van der Waals surface area contributed by atoms with Crippen LogP contribution in [0.4, 0.5) is 5.69 Å². The molecule has 4 atom stereocenters. The molecule has 3 aliphatic rings. The summed E-state index contributed by atoms with van der Waals surface area (Å²) in [7, 11) is 3.76. The SMILES string of the molecule is CN(C)c1ccc(C=NN2C(=O)[C@@H]3[C@H](C2=O)[C@H]2C=C[C@H]3C2)c(O)c1. The van der Waals surface area contributed by atoms with Crippen LogP contribution in [-0.4, -0.2) is 42.2 Å². The van der Waals surface area contributed by atoms with Crippen LogP contribution in [0.1, 0.15) is 12.0 Å². The van der Waals surface area contributed by atoms with Gasteiger partial charge in [-0.1, -0.05) is 12.2 Å². The molecule has 0 radical (unpaired) electrons. The number of phenolic OH excluding ortho intramolecular Hbond substituents is 1. The minimum Gasteiger partial charge on any atom is -0.507 e. The van der Waals surface area contributed by atoms with E-state index in [1.807, 2.05) is 25.1 Å². The first kappa shape index (κ1) is 14.9. The second-order valence-electron chi connectivity index (χ2n) is 6.87. The summed E-state index contributed by atoms with van der Waals surface area (Å²) in [6.07, 6.45) is 6.38. The number of hydrogen-bond acceptors (Lipinski definition) is 5. The van der Waals surface area contributed by atoms with Gasteiger partial charge >= 0.3 is 0 Å². The maximum atomic E-state index is 12.5. The van der Waals surface area contributed by atoms with Crippen LogP contribution in [-0.2, 0) is 9.59 Å². The maximum Gasteiger partial charge on any atom is 0.254 e. The molecule has 0 spiro atoms. The summed E-state index contributed by atoms with van der Waals surface area (Å²) >= 11 is 0. The molecule has 1 saturated heterocycles. The lowest BCUT2D eigenvalue weighted by Crippen LogP contribution is -2.28. The Kier molecular flexibility index (Phi) is 3.23. The molecular weight excluding hydrogens is 306 g/mol. The van der Waals surface area contributed by atoms with E-state index in [1.54, 1.807) is 12.1 Å². The highest BCUT2D eigenvalue weighted by Crippen LogP contribution is 2.52. The van der Waals surface area contributed by atoms with Crippen LogP contribution in [0, 0.1) is 23.7 Å². The van der Waals surface area contributed by atoms with E-state index in [0.717, 1.165) is 17.1 Å². The van der Waals surface area contributed by atoms with E-state index >= 15 is 0 Å². The van der Waals surface area contributed by atoms with Gasteiger partial charge in [0.25, 0.3) is 11.8 Å². The number of carbonyl (C=O) groups excluding carboxylic acids is 2. The molecule has 1 aromatic rings. The summed E-state index contributed by atoms with van der Waals surface area (Å²) < 4.78 is 0. The maximum absolute atomic E-state index is 12.5. The molecular formula is C18H19N3O3.